The summed E-state index contributed by atoms with van der Waals surface area (Å²) in [4.78, 5) is 30.7. The topological polar surface area (TPSA) is 87.4 Å². The molecule has 3 heterocycles. The Balaban J connectivity index is 1.53. The van der Waals surface area contributed by atoms with Crippen LogP contribution in [0.25, 0.3) is 22.2 Å². The monoisotopic (exact) mass is 430 g/mol. The number of carbonyl (C=O) groups is 1. The van der Waals surface area contributed by atoms with Gasteiger partial charge in [-0.25, -0.2) is 4.98 Å². The van der Waals surface area contributed by atoms with E-state index in [1.165, 1.54) is 0 Å². The second-order valence-corrected chi connectivity index (χ2v) is 7.90. The van der Waals surface area contributed by atoms with Crippen LogP contribution in [0.2, 0.25) is 0 Å². The van der Waals surface area contributed by atoms with Crippen LogP contribution in [0, 0.1) is 0 Å². The number of nitrogens with zero attached hydrogens (tertiary/aromatic N) is 3. The van der Waals surface area contributed by atoms with E-state index in [9.17, 15) is 9.59 Å². The lowest BCUT2D eigenvalue weighted by Gasteiger charge is -2.11. The second kappa shape index (κ2) is 7.88. The summed E-state index contributed by atoms with van der Waals surface area (Å²) >= 11 is 0. The normalized spacial score (nSPS) is 12.5. The van der Waals surface area contributed by atoms with Gasteiger partial charge in [0.05, 0.1) is 6.33 Å². The summed E-state index contributed by atoms with van der Waals surface area (Å²) in [7, 11) is 0. The van der Waals surface area contributed by atoms with E-state index in [1.54, 1.807) is 33.7 Å². The Kier molecular flexibility index (Phi) is 4.89. The minimum atomic E-state index is -0.264. The van der Waals surface area contributed by atoms with Crippen molar-refractivity contribution >= 4 is 22.6 Å². The Hall–Kier alpha value is -4.07. The van der Waals surface area contributed by atoms with Gasteiger partial charge in [0.25, 0.3) is 5.56 Å². The largest absolute Gasteiger partial charge is 0.454 e. The van der Waals surface area contributed by atoms with Crippen LogP contribution in [0.5, 0.6) is 11.5 Å². The molecule has 8 nitrogen and oxygen atoms in total. The maximum atomic E-state index is 13.2. The van der Waals surface area contributed by atoms with Crippen LogP contribution in [-0.2, 0) is 11.3 Å². The van der Waals surface area contributed by atoms with Gasteiger partial charge >= 0.3 is 0 Å². The predicted octanol–water partition coefficient (Wildman–Crippen LogP) is 3.81. The Labute approximate surface area is 184 Å². The highest BCUT2D eigenvalue weighted by Gasteiger charge is 2.19. The van der Waals surface area contributed by atoms with Gasteiger partial charge in [-0.3, -0.25) is 14.2 Å². The molecule has 0 radical (unpaired) electrons. The van der Waals surface area contributed by atoms with E-state index < -0.39 is 0 Å². The SMILES string of the molecule is CC(C)n1cnc2c(-c3ccccc3)cn(CC(=O)Nc3ccc4c(c3)OCO4)c2c1=O. The van der Waals surface area contributed by atoms with Gasteiger partial charge < -0.3 is 19.4 Å². The average molecular weight is 430 g/mol. The zero-order valence-electron chi connectivity index (χ0n) is 17.7. The smallest absolute Gasteiger partial charge is 0.278 e. The van der Waals surface area contributed by atoms with Gasteiger partial charge in [-0.2, -0.15) is 0 Å². The van der Waals surface area contributed by atoms with Crippen molar-refractivity contribution in [3.8, 4) is 22.6 Å². The van der Waals surface area contributed by atoms with E-state index in [4.69, 9.17) is 9.47 Å². The standard InChI is InChI=1S/C24H22N4O4/c1-15(2)28-13-25-22-18(16-6-4-3-5-7-16)11-27(23(22)24(28)30)12-21(29)26-17-8-9-19-20(10-17)32-14-31-19/h3-11,13,15H,12,14H2,1-2H3,(H,26,29). The number of carbonyl (C=O) groups excluding carboxylic acids is 1. The van der Waals surface area contributed by atoms with Crippen molar-refractivity contribution in [1.29, 1.82) is 0 Å². The maximum Gasteiger partial charge on any atom is 0.278 e. The van der Waals surface area contributed by atoms with Crippen LogP contribution < -0.4 is 20.3 Å². The fourth-order valence-electron chi connectivity index (χ4n) is 3.85. The van der Waals surface area contributed by atoms with Crippen LogP contribution in [0.4, 0.5) is 5.69 Å². The van der Waals surface area contributed by atoms with Crippen molar-refractivity contribution < 1.29 is 14.3 Å². The van der Waals surface area contributed by atoms with E-state index in [0.29, 0.717) is 28.2 Å². The molecule has 0 saturated heterocycles. The Morgan fingerprint density at radius 3 is 2.69 bits per heavy atom. The lowest BCUT2D eigenvalue weighted by atomic mass is 10.1. The summed E-state index contributed by atoms with van der Waals surface area (Å²) in [6.07, 6.45) is 3.39. The molecule has 162 valence electrons. The highest BCUT2D eigenvalue weighted by atomic mass is 16.7. The fourth-order valence-corrected chi connectivity index (χ4v) is 3.85. The molecule has 1 N–H and O–H groups in total. The zero-order valence-corrected chi connectivity index (χ0v) is 17.7. The molecule has 0 saturated carbocycles. The third-order valence-electron chi connectivity index (χ3n) is 5.41. The molecule has 5 rings (SSSR count). The van der Waals surface area contributed by atoms with E-state index in [0.717, 1.165) is 11.1 Å². The van der Waals surface area contributed by atoms with Crippen LogP contribution in [0.15, 0.2) is 65.8 Å². The molecule has 0 fully saturated rings. The predicted molar refractivity (Wildman–Crippen MR) is 121 cm³/mol. The summed E-state index contributed by atoms with van der Waals surface area (Å²) in [5.74, 6) is 0.969. The van der Waals surface area contributed by atoms with Crippen molar-refractivity contribution in [2.75, 3.05) is 12.1 Å². The molecule has 0 atom stereocenters. The molecule has 1 aliphatic heterocycles. The first kappa shape index (κ1) is 19.9. The number of ether oxygens (including phenoxy) is 2. The molecule has 0 unspecified atom stereocenters. The number of aromatic nitrogens is 3. The summed E-state index contributed by atoms with van der Waals surface area (Å²) in [6.45, 7) is 3.98. The van der Waals surface area contributed by atoms with E-state index >= 15 is 0 Å². The van der Waals surface area contributed by atoms with Gasteiger partial charge in [0.2, 0.25) is 12.7 Å². The van der Waals surface area contributed by atoms with Gasteiger partial charge in [0.1, 0.15) is 17.6 Å². The molecule has 0 aliphatic carbocycles. The summed E-state index contributed by atoms with van der Waals surface area (Å²) in [6, 6.07) is 14.9. The van der Waals surface area contributed by atoms with Crippen molar-refractivity contribution in [2.45, 2.75) is 26.4 Å². The lowest BCUT2D eigenvalue weighted by molar-refractivity contribution is -0.116. The lowest BCUT2D eigenvalue weighted by Crippen LogP contribution is -2.26. The van der Waals surface area contributed by atoms with Gasteiger partial charge in [-0.1, -0.05) is 30.3 Å². The number of amides is 1. The zero-order chi connectivity index (χ0) is 22.2. The minimum Gasteiger partial charge on any atom is -0.454 e. The highest BCUT2D eigenvalue weighted by Crippen LogP contribution is 2.34. The molecule has 0 spiro atoms. The first-order chi connectivity index (χ1) is 15.5. The van der Waals surface area contributed by atoms with Gasteiger partial charge in [-0.05, 0) is 31.5 Å². The molecule has 8 heteroatoms. The molecule has 32 heavy (non-hydrogen) atoms. The Morgan fingerprint density at radius 2 is 1.91 bits per heavy atom. The second-order valence-electron chi connectivity index (χ2n) is 7.90. The molecular weight excluding hydrogens is 408 g/mol. The van der Waals surface area contributed by atoms with Crippen molar-refractivity contribution in [1.82, 2.24) is 14.1 Å². The van der Waals surface area contributed by atoms with Crippen molar-refractivity contribution in [3.05, 3.63) is 71.4 Å². The number of hydrogen-bond donors (Lipinski definition) is 1. The first-order valence-electron chi connectivity index (χ1n) is 10.4. The third-order valence-corrected chi connectivity index (χ3v) is 5.41. The molecular formula is C24H22N4O4. The van der Waals surface area contributed by atoms with E-state index in [2.05, 4.69) is 10.3 Å². The number of fused-ring (bicyclic) bond motifs is 2. The average Bonchev–Trinajstić information content (AvgIpc) is 3.39. The fraction of sp³-hybridized carbons (Fsp3) is 0.208. The van der Waals surface area contributed by atoms with Crippen LogP contribution in [0.3, 0.4) is 0 Å². The summed E-state index contributed by atoms with van der Waals surface area (Å²) in [5, 5.41) is 2.87. The van der Waals surface area contributed by atoms with Gasteiger partial charge in [0, 0.05) is 29.6 Å². The first-order valence-corrected chi connectivity index (χ1v) is 10.4. The van der Waals surface area contributed by atoms with Crippen LogP contribution in [0.1, 0.15) is 19.9 Å². The highest BCUT2D eigenvalue weighted by molar-refractivity contribution is 5.95. The molecule has 4 aromatic rings. The molecule has 0 bridgehead atoms. The van der Waals surface area contributed by atoms with Gasteiger partial charge in [-0.15, -0.1) is 0 Å². The number of rotatable bonds is 5. The van der Waals surface area contributed by atoms with Crippen LogP contribution >= 0.6 is 0 Å². The molecule has 2 aromatic carbocycles. The van der Waals surface area contributed by atoms with Gasteiger partial charge in [0.15, 0.2) is 11.5 Å². The van der Waals surface area contributed by atoms with E-state index in [-0.39, 0.29) is 30.8 Å². The minimum absolute atomic E-state index is 0.0309. The number of benzene rings is 2. The quantitative estimate of drug-likeness (QED) is 0.520. The molecule has 1 amide bonds. The number of anilines is 1. The van der Waals surface area contributed by atoms with E-state index in [1.807, 2.05) is 50.4 Å². The number of hydrogen-bond acceptors (Lipinski definition) is 5. The van der Waals surface area contributed by atoms with Crippen LogP contribution in [-0.4, -0.2) is 26.8 Å². The Bertz CT molecular complexity index is 1370. The third kappa shape index (κ3) is 3.49. The van der Waals surface area contributed by atoms with Crippen molar-refractivity contribution in [3.63, 3.8) is 0 Å². The maximum absolute atomic E-state index is 13.2. The molecule has 1 aliphatic rings. The summed E-state index contributed by atoms with van der Waals surface area (Å²) in [5.41, 5.74) is 3.14. The summed E-state index contributed by atoms with van der Waals surface area (Å²) < 4.78 is 13.9. The Morgan fingerprint density at radius 1 is 1.12 bits per heavy atom. The van der Waals surface area contributed by atoms with Crippen molar-refractivity contribution in [2.24, 2.45) is 0 Å². The number of nitrogens with one attached hydrogen (secondary N) is 1. The molecule has 2 aromatic heterocycles.